The lowest BCUT2D eigenvalue weighted by Gasteiger charge is -2.35. The highest BCUT2D eigenvalue weighted by Crippen LogP contribution is 2.32. The van der Waals surface area contributed by atoms with E-state index in [1.54, 1.807) is 7.11 Å². The third kappa shape index (κ3) is 6.30. The average molecular weight is 453 g/mol. The molecule has 0 aromatic heterocycles. The van der Waals surface area contributed by atoms with Gasteiger partial charge in [-0.1, -0.05) is 48.5 Å². The summed E-state index contributed by atoms with van der Waals surface area (Å²) in [5.41, 5.74) is 2.23. The van der Waals surface area contributed by atoms with Crippen molar-refractivity contribution in [3.05, 3.63) is 95.6 Å². The van der Waals surface area contributed by atoms with Crippen molar-refractivity contribution in [2.24, 2.45) is 0 Å². The van der Waals surface area contributed by atoms with Gasteiger partial charge in [0, 0.05) is 57.3 Å². The van der Waals surface area contributed by atoms with Crippen molar-refractivity contribution in [1.82, 2.24) is 9.80 Å². The Bertz CT molecular complexity index is 1020. The van der Waals surface area contributed by atoms with Gasteiger partial charge in [0.1, 0.15) is 17.6 Å². The van der Waals surface area contributed by atoms with E-state index in [1.165, 1.54) is 11.6 Å². The lowest BCUT2D eigenvalue weighted by Crippen LogP contribution is -2.46. The SMILES string of the molecule is COc1ccccc1C(CCN1CCN(Cc2ccccc2)CC1)Oc1ccc(F)c(F)c1. The number of piperazine rings is 1. The molecule has 1 unspecified atom stereocenters. The van der Waals surface area contributed by atoms with Crippen molar-refractivity contribution in [2.45, 2.75) is 19.1 Å². The zero-order chi connectivity index (χ0) is 23.0. The summed E-state index contributed by atoms with van der Waals surface area (Å²) in [6.07, 6.45) is 0.367. The van der Waals surface area contributed by atoms with E-state index in [1.807, 2.05) is 30.3 Å². The van der Waals surface area contributed by atoms with Crippen molar-refractivity contribution >= 4 is 0 Å². The number of para-hydroxylation sites is 1. The second-order valence-corrected chi connectivity index (χ2v) is 8.32. The van der Waals surface area contributed by atoms with Gasteiger partial charge in [-0.15, -0.1) is 0 Å². The zero-order valence-corrected chi connectivity index (χ0v) is 18.9. The van der Waals surface area contributed by atoms with Gasteiger partial charge in [-0.05, 0) is 23.8 Å². The minimum atomic E-state index is -0.916. The normalized spacial score (nSPS) is 15.8. The van der Waals surface area contributed by atoms with E-state index in [4.69, 9.17) is 9.47 Å². The lowest BCUT2D eigenvalue weighted by molar-refractivity contribution is 0.106. The number of halogens is 2. The molecule has 0 radical (unpaired) electrons. The van der Waals surface area contributed by atoms with Crippen LogP contribution >= 0.6 is 0 Å². The molecule has 0 amide bonds. The maximum Gasteiger partial charge on any atom is 0.162 e. The maximum absolute atomic E-state index is 13.8. The van der Waals surface area contributed by atoms with Crippen LogP contribution in [0.15, 0.2) is 72.8 Å². The van der Waals surface area contributed by atoms with E-state index in [0.29, 0.717) is 12.2 Å². The Balaban J connectivity index is 1.39. The number of hydrogen-bond acceptors (Lipinski definition) is 4. The Morgan fingerprint density at radius 2 is 1.52 bits per heavy atom. The molecule has 0 bridgehead atoms. The predicted octanol–water partition coefficient (Wildman–Crippen LogP) is 5.30. The number of rotatable bonds is 9. The van der Waals surface area contributed by atoms with Gasteiger partial charge in [0.25, 0.3) is 0 Å². The molecule has 1 atom stereocenters. The van der Waals surface area contributed by atoms with Crippen molar-refractivity contribution in [1.29, 1.82) is 0 Å². The Hall–Kier alpha value is -2.96. The van der Waals surface area contributed by atoms with Crippen LogP contribution in [0.3, 0.4) is 0 Å². The fourth-order valence-corrected chi connectivity index (χ4v) is 4.24. The third-order valence-electron chi connectivity index (χ3n) is 6.08. The maximum atomic E-state index is 13.8. The van der Waals surface area contributed by atoms with E-state index in [0.717, 1.165) is 62.7 Å². The monoisotopic (exact) mass is 452 g/mol. The lowest BCUT2D eigenvalue weighted by atomic mass is 10.0. The van der Waals surface area contributed by atoms with Crippen LogP contribution in [0, 0.1) is 11.6 Å². The van der Waals surface area contributed by atoms with Gasteiger partial charge >= 0.3 is 0 Å². The Morgan fingerprint density at radius 1 is 0.818 bits per heavy atom. The molecule has 174 valence electrons. The van der Waals surface area contributed by atoms with Crippen LogP contribution in [-0.2, 0) is 6.54 Å². The number of ether oxygens (including phenoxy) is 2. The third-order valence-corrected chi connectivity index (χ3v) is 6.08. The smallest absolute Gasteiger partial charge is 0.162 e. The molecule has 1 aliphatic rings. The molecular weight excluding hydrogens is 422 g/mol. The molecule has 3 aromatic rings. The van der Waals surface area contributed by atoms with Gasteiger partial charge in [0.05, 0.1) is 7.11 Å². The van der Waals surface area contributed by atoms with Gasteiger partial charge in [-0.2, -0.15) is 0 Å². The average Bonchev–Trinajstić information content (AvgIpc) is 2.85. The molecule has 0 aliphatic carbocycles. The summed E-state index contributed by atoms with van der Waals surface area (Å²) in [6.45, 7) is 5.80. The highest BCUT2D eigenvalue weighted by molar-refractivity contribution is 5.36. The van der Waals surface area contributed by atoms with Gasteiger partial charge < -0.3 is 14.4 Å². The molecule has 0 spiro atoms. The van der Waals surface area contributed by atoms with Crippen LogP contribution in [0.5, 0.6) is 11.5 Å². The summed E-state index contributed by atoms with van der Waals surface area (Å²) in [4.78, 5) is 4.90. The molecule has 33 heavy (non-hydrogen) atoms. The minimum Gasteiger partial charge on any atom is -0.496 e. The van der Waals surface area contributed by atoms with Gasteiger partial charge in [-0.25, -0.2) is 8.78 Å². The predicted molar refractivity (Wildman–Crippen MR) is 125 cm³/mol. The van der Waals surface area contributed by atoms with E-state index in [9.17, 15) is 8.78 Å². The first kappa shape index (κ1) is 23.2. The van der Waals surface area contributed by atoms with Crippen LogP contribution in [0.25, 0.3) is 0 Å². The van der Waals surface area contributed by atoms with Crippen molar-refractivity contribution in [3.8, 4) is 11.5 Å². The van der Waals surface area contributed by atoms with Crippen LogP contribution in [0.1, 0.15) is 23.7 Å². The molecule has 4 rings (SSSR count). The summed E-state index contributed by atoms with van der Waals surface area (Å²) in [5, 5.41) is 0. The van der Waals surface area contributed by atoms with E-state index >= 15 is 0 Å². The summed E-state index contributed by atoms with van der Waals surface area (Å²) in [7, 11) is 1.62. The second-order valence-electron chi connectivity index (χ2n) is 8.32. The van der Waals surface area contributed by atoms with E-state index in [2.05, 4.69) is 34.1 Å². The van der Waals surface area contributed by atoms with E-state index < -0.39 is 11.6 Å². The van der Waals surface area contributed by atoms with Crippen LogP contribution in [0.4, 0.5) is 8.78 Å². The van der Waals surface area contributed by atoms with Gasteiger partial charge in [0.2, 0.25) is 0 Å². The number of nitrogens with zero attached hydrogens (tertiary/aromatic N) is 2. The molecule has 1 saturated heterocycles. The van der Waals surface area contributed by atoms with Crippen LogP contribution in [0.2, 0.25) is 0 Å². The van der Waals surface area contributed by atoms with Crippen LogP contribution < -0.4 is 9.47 Å². The fourth-order valence-electron chi connectivity index (χ4n) is 4.24. The van der Waals surface area contributed by atoms with Gasteiger partial charge in [-0.3, -0.25) is 4.90 Å². The first-order valence-electron chi connectivity index (χ1n) is 11.4. The van der Waals surface area contributed by atoms with Crippen LogP contribution in [-0.4, -0.2) is 49.6 Å². The Morgan fingerprint density at radius 3 is 2.24 bits per heavy atom. The molecule has 6 heteroatoms. The molecule has 0 N–H and O–H groups in total. The molecule has 4 nitrogen and oxygen atoms in total. The molecule has 1 aliphatic heterocycles. The quantitative estimate of drug-likeness (QED) is 0.440. The van der Waals surface area contributed by atoms with Crippen molar-refractivity contribution in [3.63, 3.8) is 0 Å². The standard InChI is InChI=1S/C27H30F2N2O2/c1-32-26-10-6-5-9-23(26)27(33-22-11-12-24(28)25(29)19-22)13-14-30-15-17-31(18-16-30)20-21-7-3-2-4-8-21/h2-12,19,27H,13-18,20H2,1H3. The number of methoxy groups -OCH3 is 1. The number of hydrogen-bond donors (Lipinski definition) is 0. The zero-order valence-electron chi connectivity index (χ0n) is 18.9. The Labute approximate surface area is 194 Å². The molecule has 1 fully saturated rings. The second kappa shape index (κ2) is 11.3. The molecule has 1 heterocycles. The molecule has 0 saturated carbocycles. The summed E-state index contributed by atoms with van der Waals surface area (Å²) >= 11 is 0. The summed E-state index contributed by atoms with van der Waals surface area (Å²) in [6, 6.07) is 21.9. The summed E-state index contributed by atoms with van der Waals surface area (Å²) < 4.78 is 38.8. The molecule has 3 aromatic carbocycles. The van der Waals surface area contributed by atoms with Crippen molar-refractivity contribution in [2.75, 3.05) is 39.8 Å². The van der Waals surface area contributed by atoms with Gasteiger partial charge in [0.15, 0.2) is 11.6 Å². The minimum absolute atomic E-state index is 0.303. The Kier molecular flexibility index (Phi) is 7.92. The largest absolute Gasteiger partial charge is 0.496 e. The van der Waals surface area contributed by atoms with E-state index in [-0.39, 0.29) is 6.10 Å². The highest BCUT2D eigenvalue weighted by atomic mass is 19.2. The summed E-state index contributed by atoms with van der Waals surface area (Å²) in [5.74, 6) is -0.777. The number of benzene rings is 3. The highest BCUT2D eigenvalue weighted by Gasteiger charge is 2.22. The molecular formula is C27H30F2N2O2. The first-order chi connectivity index (χ1) is 16.1. The topological polar surface area (TPSA) is 24.9 Å². The fraction of sp³-hybridized carbons (Fsp3) is 0.333. The van der Waals surface area contributed by atoms with Crippen molar-refractivity contribution < 1.29 is 18.3 Å². The first-order valence-corrected chi connectivity index (χ1v) is 11.4.